The van der Waals surface area contributed by atoms with Crippen LogP contribution in [0.2, 0.25) is 0 Å². The van der Waals surface area contributed by atoms with Gasteiger partial charge in [0, 0.05) is 23.5 Å². The molecule has 0 radical (unpaired) electrons. The van der Waals surface area contributed by atoms with Gasteiger partial charge in [0.2, 0.25) is 11.7 Å². The van der Waals surface area contributed by atoms with Gasteiger partial charge in [-0.15, -0.1) is 11.3 Å². The zero-order chi connectivity index (χ0) is 16.5. The molecule has 24 heavy (non-hydrogen) atoms. The fourth-order valence-electron chi connectivity index (χ4n) is 3.09. The Balaban J connectivity index is 1.45. The molecule has 4 rings (SSSR count). The minimum atomic E-state index is 0.529. The summed E-state index contributed by atoms with van der Waals surface area (Å²) in [5.41, 5.74) is 3.77. The van der Waals surface area contributed by atoms with Gasteiger partial charge in [-0.05, 0) is 34.9 Å². The topological polar surface area (TPSA) is 42.2 Å². The lowest BCUT2D eigenvalue weighted by Gasteiger charge is -2.24. The van der Waals surface area contributed by atoms with Crippen LogP contribution in [-0.2, 0) is 19.5 Å². The molecule has 0 bridgehead atoms. The number of fused-ring (bicyclic) bond motifs is 1. The number of benzene rings is 1. The molecule has 5 heteroatoms. The number of aromatic nitrogens is 2. The lowest BCUT2D eigenvalue weighted by atomic mass is 10.0. The van der Waals surface area contributed by atoms with Gasteiger partial charge in [0.25, 0.3) is 0 Å². The molecular formula is C19H21N3OS. The highest BCUT2D eigenvalue weighted by atomic mass is 32.1. The van der Waals surface area contributed by atoms with Crippen molar-refractivity contribution in [2.75, 3.05) is 6.54 Å². The molecule has 1 aliphatic heterocycles. The maximum atomic E-state index is 5.47. The standard InChI is InChI=1S/C19H21N3OS/c1-13(2)14-3-5-15(6-4-14)19-20-18(23-21-19)12-22-9-7-17-16(11-22)8-10-24-17/h3-6,8,10,13H,7,9,11-12H2,1-2H3. The van der Waals surface area contributed by atoms with Gasteiger partial charge < -0.3 is 4.52 Å². The summed E-state index contributed by atoms with van der Waals surface area (Å²) in [4.78, 5) is 8.46. The molecule has 0 atom stereocenters. The summed E-state index contributed by atoms with van der Waals surface area (Å²) in [5, 5.41) is 6.33. The highest BCUT2D eigenvalue weighted by Gasteiger charge is 2.19. The average Bonchev–Trinajstić information content (AvgIpc) is 3.24. The maximum absolute atomic E-state index is 5.47. The fourth-order valence-corrected chi connectivity index (χ4v) is 3.98. The van der Waals surface area contributed by atoms with Crippen molar-refractivity contribution in [2.45, 2.75) is 39.3 Å². The summed E-state index contributed by atoms with van der Waals surface area (Å²) in [6.07, 6.45) is 1.12. The number of thiophene rings is 1. The summed E-state index contributed by atoms with van der Waals surface area (Å²) < 4.78 is 5.47. The van der Waals surface area contributed by atoms with Crippen LogP contribution in [0.3, 0.4) is 0 Å². The van der Waals surface area contributed by atoms with E-state index in [1.54, 1.807) is 0 Å². The van der Waals surface area contributed by atoms with Crippen LogP contribution in [0.5, 0.6) is 0 Å². The van der Waals surface area contributed by atoms with Gasteiger partial charge in [0.1, 0.15) is 0 Å². The molecule has 1 aliphatic rings. The summed E-state index contributed by atoms with van der Waals surface area (Å²) >= 11 is 1.86. The van der Waals surface area contributed by atoms with E-state index in [0.29, 0.717) is 24.2 Å². The predicted molar refractivity (Wildman–Crippen MR) is 96.0 cm³/mol. The van der Waals surface area contributed by atoms with E-state index in [1.807, 2.05) is 11.3 Å². The number of nitrogens with zero attached hydrogens (tertiary/aromatic N) is 3. The third-order valence-corrected chi connectivity index (χ3v) is 5.57. The minimum absolute atomic E-state index is 0.529. The summed E-state index contributed by atoms with van der Waals surface area (Å²) in [7, 11) is 0. The second-order valence-corrected chi connectivity index (χ2v) is 7.62. The van der Waals surface area contributed by atoms with Gasteiger partial charge in [-0.25, -0.2) is 0 Å². The van der Waals surface area contributed by atoms with Gasteiger partial charge in [-0.3, -0.25) is 4.90 Å². The van der Waals surface area contributed by atoms with Gasteiger partial charge in [0.05, 0.1) is 6.54 Å². The third kappa shape index (κ3) is 3.14. The Kier molecular flexibility index (Phi) is 4.21. The van der Waals surface area contributed by atoms with E-state index in [9.17, 15) is 0 Å². The summed E-state index contributed by atoms with van der Waals surface area (Å²) in [6.45, 7) is 7.12. The monoisotopic (exact) mass is 339 g/mol. The highest BCUT2D eigenvalue weighted by Crippen LogP contribution is 2.25. The van der Waals surface area contributed by atoms with Crippen LogP contribution in [0.4, 0.5) is 0 Å². The summed E-state index contributed by atoms with van der Waals surface area (Å²) in [5.74, 6) is 1.89. The quantitative estimate of drug-likeness (QED) is 0.703. The van der Waals surface area contributed by atoms with E-state index in [1.165, 1.54) is 16.0 Å². The van der Waals surface area contributed by atoms with Gasteiger partial charge in [-0.1, -0.05) is 43.3 Å². The minimum Gasteiger partial charge on any atom is -0.338 e. The van der Waals surface area contributed by atoms with Crippen molar-refractivity contribution in [1.82, 2.24) is 15.0 Å². The molecule has 124 valence electrons. The van der Waals surface area contributed by atoms with Crippen LogP contribution in [0.1, 0.15) is 41.7 Å². The average molecular weight is 339 g/mol. The molecule has 3 aromatic rings. The fraction of sp³-hybridized carbons (Fsp3) is 0.368. The zero-order valence-electron chi connectivity index (χ0n) is 14.0. The second kappa shape index (κ2) is 6.49. The molecule has 0 unspecified atom stereocenters. The van der Waals surface area contributed by atoms with Crippen molar-refractivity contribution in [3.05, 3.63) is 57.6 Å². The molecule has 2 aromatic heterocycles. The largest absolute Gasteiger partial charge is 0.338 e. The van der Waals surface area contributed by atoms with Crippen molar-refractivity contribution in [1.29, 1.82) is 0 Å². The molecule has 0 saturated carbocycles. The highest BCUT2D eigenvalue weighted by molar-refractivity contribution is 7.10. The van der Waals surface area contributed by atoms with Crippen molar-refractivity contribution >= 4 is 11.3 Å². The van der Waals surface area contributed by atoms with Crippen LogP contribution in [0.25, 0.3) is 11.4 Å². The maximum Gasteiger partial charge on any atom is 0.241 e. The Bertz CT molecular complexity index is 819. The lowest BCUT2D eigenvalue weighted by Crippen LogP contribution is -2.29. The number of hydrogen-bond acceptors (Lipinski definition) is 5. The van der Waals surface area contributed by atoms with Crippen LogP contribution < -0.4 is 0 Å². The van der Waals surface area contributed by atoms with E-state index >= 15 is 0 Å². The predicted octanol–water partition coefficient (Wildman–Crippen LogP) is 4.48. The first kappa shape index (κ1) is 15.5. The van der Waals surface area contributed by atoms with Crippen LogP contribution >= 0.6 is 11.3 Å². The Labute approximate surface area is 146 Å². The van der Waals surface area contributed by atoms with Crippen molar-refractivity contribution in [3.63, 3.8) is 0 Å². The lowest BCUT2D eigenvalue weighted by molar-refractivity contribution is 0.212. The Hall–Kier alpha value is -1.98. The van der Waals surface area contributed by atoms with Crippen molar-refractivity contribution in [2.24, 2.45) is 0 Å². The first-order valence-electron chi connectivity index (χ1n) is 8.39. The molecule has 0 aliphatic carbocycles. The zero-order valence-corrected chi connectivity index (χ0v) is 14.8. The number of hydrogen-bond donors (Lipinski definition) is 0. The molecular weight excluding hydrogens is 318 g/mol. The van der Waals surface area contributed by atoms with Gasteiger partial charge in [0.15, 0.2) is 0 Å². The Morgan fingerprint density at radius 3 is 2.83 bits per heavy atom. The smallest absolute Gasteiger partial charge is 0.241 e. The van der Waals surface area contributed by atoms with Crippen LogP contribution in [0.15, 0.2) is 40.2 Å². The van der Waals surface area contributed by atoms with E-state index in [0.717, 1.165) is 25.1 Å². The van der Waals surface area contributed by atoms with Gasteiger partial charge in [-0.2, -0.15) is 4.98 Å². The van der Waals surface area contributed by atoms with Crippen LogP contribution in [-0.4, -0.2) is 21.6 Å². The van der Waals surface area contributed by atoms with E-state index in [-0.39, 0.29) is 0 Å². The SMILES string of the molecule is CC(C)c1ccc(-c2noc(CN3CCc4sccc4C3)n2)cc1. The molecule has 0 fully saturated rings. The molecule has 1 aromatic carbocycles. The number of rotatable bonds is 4. The van der Waals surface area contributed by atoms with E-state index < -0.39 is 0 Å². The summed E-state index contributed by atoms with van der Waals surface area (Å²) in [6, 6.07) is 10.6. The molecule has 0 spiro atoms. The Morgan fingerprint density at radius 2 is 2.04 bits per heavy atom. The van der Waals surface area contributed by atoms with E-state index in [2.05, 4.69) is 64.6 Å². The first-order valence-corrected chi connectivity index (χ1v) is 9.27. The van der Waals surface area contributed by atoms with Crippen LogP contribution in [0, 0.1) is 0 Å². The molecule has 0 N–H and O–H groups in total. The first-order chi connectivity index (χ1) is 11.7. The molecule has 3 heterocycles. The third-order valence-electron chi connectivity index (χ3n) is 4.55. The molecule has 0 amide bonds. The molecule has 0 saturated heterocycles. The van der Waals surface area contributed by atoms with Crippen molar-refractivity contribution in [3.8, 4) is 11.4 Å². The van der Waals surface area contributed by atoms with Crippen molar-refractivity contribution < 1.29 is 4.52 Å². The normalized spacial score (nSPS) is 15.0. The van der Waals surface area contributed by atoms with E-state index in [4.69, 9.17) is 4.52 Å². The van der Waals surface area contributed by atoms with Gasteiger partial charge >= 0.3 is 0 Å². The second-order valence-electron chi connectivity index (χ2n) is 6.62. The Morgan fingerprint density at radius 1 is 1.21 bits per heavy atom. The molecule has 4 nitrogen and oxygen atoms in total.